The third-order valence-electron chi connectivity index (χ3n) is 3.72. The summed E-state index contributed by atoms with van der Waals surface area (Å²) in [5, 5.41) is 20.7. The van der Waals surface area contributed by atoms with Gasteiger partial charge in [-0.05, 0) is 19.8 Å². The smallest absolute Gasteiger partial charge is 0.225 e. The van der Waals surface area contributed by atoms with Crippen LogP contribution in [0.5, 0.6) is 0 Å². The first-order chi connectivity index (χ1) is 10.0. The Bertz CT molecular complexity index is 466. The number of carbonyl (C=O) groups is 2. The Labute approximate surface area is 132 Å². The molecule has 6 heteroatoms. The lowest BCUT2D eigenvalue weighted by molar-refractivity contribution is -0.155. The highest BCUT2D eigenvalue weighted by atomic mass is 16.3. The fraction of sp³-hybridized carbons (Fsp3) is 0.812. The minimum Gasteiger partial charge on any atom is -0.386 e. The summed E-state index contributed by atoms with van der Waals surface area (Å²) in [7, 11) is 0. The second-order valence-electron chi connectivity index (χ2n) is 7.18. The maximum absolute atomic E-state index is 11.2. The molecule has 2 fully saturated rings. The molecule has 1 saturated carbocycles. The highest BCUT2D eigenvalue weighted by molar-refractivity contribution is 5.80. The number of nitriles is 1. The van der Waals surface area contributed by atoms with E-state index in [1.807, 2.05) is 27.7 Å². The molecule has 0 spiro atoms. The molecule has 6 nitrogen and oxygen atoms in total. The first-order valence-electron chi connectivity index (χ1n) is 7.76. The summed E-state index contributed by atoms with van der Waals surface area (Å²) in [6.45, 7) is 10.1. The van der Waals surface area contributed by atoms with Gasteiger partial charge < -0.3 is 15.3 Å². The van der Waals surface area contributed by atoms with E-state index in [1.165, 1.54) is 0 Å². The van der Waals surface area contributed by atoms with Crippen LogP contribution < -0.4 is 5.32 Å². The molecule has 1 saturated heterocycles. The molecule has 2 N–H and O–H groups in total. The van der Waals surface area contributed by atoms with Gasteiger partial charge in [-0.3, -0.25) is 9.59 Å². The molecule has 124 valence electrons. The van der Waals surface area contributed by atoms with Gasteiger partial charge in [-0.15, -0.1) is 0 Å². The van der Waals surface area contributed by atoms with E-state index in [1.54, 1.807) is 11.8 Å². The molecule has 0 unspecified atom stereocenters. The molecule has 2 rings (SSSR count). The number of β-amino-alcohol motifs (C(OH)–C–C–N with tert-alkyl or cyclic N) is 1. The SMILES string of the molecule is CC(C)C(=O)N1CC(C)(O)C1.CC(C)C(=O)NC1(C#N)CC1. The van der Waals surface area contributed by atoms with E-state index in [4.69, 9.17) is 5.26 Å². The number of likely N-dealkylation sites (tertiary alicyclic amines) is 1. The Morgan fingerprint density at radius 3 is 1.95 bits per heavy atom. The number of hydrogen-bond acceptors (Lipinski definition) is 4. The van der Waals surface area contributed by atoms with Crippen molar-refractivity contribution in [3.8, 4) is 6.07 Å². The first-order valence-corrected chi connectivity index (χ1v) is 7.76. The number of carbonyl (C=O) groups excluding carboxylic acids is 2. The summed E-state index contributed by atoms with van der Waals surface area (Å²) >= 11 is 0. The average Bonchev–Trinajstić information content (AvgIpc) is 3.15. The molecule has 22 heavy (non-hydrogen) atoms. The van der Waals surface area contributed by atoms with Crippen molar-refractivity contribution < 1.29 is 14.7 Å². The second-order valence-corrected chi connectivity index (χ2v) is 7.18. The zero-order valence-corrected chi connectivity index (χ0v) is 14.1. The van der Waals surface area contributed by atoms with E-state index in [0.717, 1.165) is 12.8 Å². The highest BCUT2D eigenvalue weighted by Gasteiger charge is 2.44. The fourth-order valence-corrected chi connectivity index (χ4v) is 2.07. The second kappa shape index (κ2) is 6.66. The molecule has 1 heterocycles. The van der Waals surface area contributed by atoms with Crippen molar-refractivity contribution in [3.63, 3.8) is 0 Å². The van der Waals surface area contributed by atoms with Gasteiger partial charge in [-0.1, -0.05) is 27.7 Å². The monoisotopic (exact) mass is 309 g/mol. The number of nitrogens with zero attached hydrogens (tertiary/aromatic N) is 2. The van der Waals surface area contributed by atoms with Crippen LogP contribution >= 0.6 is 0 Å². The van der Waals surface area contributed by atoms with Crippen molar-refractivity contribution in [1.82, 2.24) is 10.2 Å². The molecule has 2 amide bonds. The third-order valence-corrected chi connectivity index (χ3v) is 3.72. The van der Waals surface area contributed by atoms with Gasteiger partial charge in [0.05, 0.1) is 24.8 Å². The predicted octanol–water partition coefficient (Wildman–Crippen LogP) is 1.05. The van der Waals surface area contributed by atoms with Gasteiger partial charge in [0, 0.05) is 11.8 Å². The van der Waals surface area contributed by atoms with Crippen molar-refractivity contribution in [1.29, 1.82) is 5.26 Å². The molecular weight excluding hydrogens is 282 g/mol. The first kappa shape index (κ1) is 18.4. The Morgan fingerprint density at radius 2 is 1.68 bits per heavy atom. The zero-order valence-electron chi connectivity index (χ0n) is 14.1. The van der Waals surface area contributed by atoms with Crippen LogP contribution in [0.25, 0.3) is 0 Å². The number of rotatable bonds is 3. The van der Waals surface area contributed by atoms with E-state index in [9.17, 15) is 14.7 Å². The van der Waals surface area contributed by atoms with Crippen LogP contribution in [-0.4, -0.2) is 46.1 Å². The lowest BCUT2D eigenvalue weighted by Gasteiger charge is -2.44. The standard InChI is InChI=1S/C8H12N2O.C8H15NO2/c1-6(2)7(11)10-8(5-9)3-4-8;1-6(2)7(10)9-4-8(3,11)5-9/h6H,3-4H2,1-2H3,(H,10,11);6,11H,4-5H2,1-3H3. The van der Waals surface area contributed by atoms with Crippen molar-refractivity contribution in [2.24, 2.45) is 11.8 Å². The van der Waals surface area contributed by atoms with Crippen LogP contribution in [0.1, 0.15) is 47.5 Å². The molecule has 0 bridgehead atoms. The van der Waals surface area contributed by atoms with Gasteiger partial charge in [-0.25, -0.2) is 0 Å². The van der Waals surface area contributed by atoms with Gasteiger partial charge in [0.25, 0.3) is 0 Å². The van der Waals surface area contributed by atoms with Crippen LogP contribution in [0, 0.1) is 23.2 Å². The normalized spacial score (nSPS) is 20.4. The molecule has 2 aliphatic rings. The summed E-state index contributed by atoms with van der Waals surface area (Å²) in [5.74, 6) is 0.132. The summed E-state index contributed by atoms with van der Waals surface area (Å²) in [4.78, 5) is 24.0. The largest absolute Gasteiger partial charge is 0.386 e. The van der Waals surface area contributed by atoms with Crippen LogP contribution in [0.2, 0.25) is 0 Å². The van der Waals surface area contributed by atoms with E-state index >= 15 is 0 Å². The fourth-order valence-electron chi connectivity index (χ4n) is 2.07. The Hall–Kier alpha value is -1.61. The van der Waals surface area contributed by atoms with Crippen LogP contribution in [-0.2, 0) is 9.59 Å². The van der Waals surface area contributed by atoms with Crippen LogP contribution in [0.3, 0.4) is 0 Å². The van der Waals surface area contributed by atoms with E-state index in [-0.39, 0.29) is 23.7 Å². The van der Waals surface area contributed by atoms with E-state index in [2.05, 4.69) is 11.4 Å². The van der Waals surface area contributed by atoms with Gasteiger partial charge in [0.1, 0.15) is 5.54 Å². The summed E-state index contributed by atoms with van der Waals surface area (Å²) in [6, 6.07) is 2.11. The minimum absolute atomic E-state index is 0.0240. The van der Waals surface area contributed by atoms with Crippen molar-refractivity contribution >= 4 is 11.8 Å². The van der Waals surface area contributed by atoms with E-state index < -0.39 is 11.1 Å². The lowest BCUT2D eigenvalue weighted by atomic mass is 9.95. The Kier molecular flexibility index (Phi) is 5.58. The highest BCUT2D eigenvalue weighted by Crippen LogP contribution is 2.34. The predicted molar refractivity (Wildman–Crippen MR) is 82.6 cm³/mol. The molecule has 0 atom stereocenters. The van der Waals surface area contributed by atoms with Crippen LogP contribution in [0.15, 0.2) is 0 Å². The molecule has 0 aromatic carbocycles. The Balaban J connectivity index is 0.000000220. The van der Waals surface area contributed by atoms with E-state index in [0.29, 0.717) is 13.1 Å². The van der Waals surface area contributed by atoms with Gasteiger partial charge >= 0.3 is 0 Å². The number of aliphatic hydroxyl groups is 1. The Morgan fingerprint density at radius 1 is 1.18 bits per heavy atom. The molecule has 0 radical (unpaired) electrons. The number of nitrogens with one attached hydrogen (secondary N) is 1. The molecule has 0 aromatic rings. The molecule has 0 aromatic heterocycles. The summed E-state index contributed by atoms with van der Waals surface area (Å²) in [5.41, 5.74) is -1.13. The number of hydrogen-bond donors (Lipinski definition) is 2. The molecular formula is C16H27N3O3. The van der Waals surface area contributed by atoms with Gasteiger partial charge in [0.15, 0.2) is 0 Å². The third kappa shape index (κ3) is 4.99. The van der Waals surface area contributed by atoms with Crippen molar-refractivity contribution in [2.75, 3.05) is 13.1 Å². The lowest BCUT2D eigenvalue weighted by Crippen LogP contribution is -2.62. The van der Waals surface area contributed by atoms with Gasteiger partial charge in [-0.2, -0.15) is 5.26 Å². The van der Waals surface area contributed by atoms with Crippen molar-refractivity contribution in [2.45, 2.75) is 58.6 Å². The maximum Gasteiger partial charge on any atom is 0.225 e. The summed E-state index contributed by atoms with van der Waals surface area (Å²) in [6.07, 6.45) is 1.62. The molecule has 1 aliphatic carbocycles. The topological polar surface area (TPSA) is 93.4 Å². The number of amides is 2. The minimum atomic E-state index is -0.634. The van der Waals surface area contributed by atoms with Gasteiger partial charge in [0.2, 0.25) is 11.8 Å². The van der Waals surface area contributed by atoms with Crippen molar-refractivity contribution in [3.05, 3.63) is 0 Å². The zero-order chi connectivity index (χ0) is 17.1. The average molecular weight is 309 g/mol. The summed E-state index contributed by atoms with van der Waals surface area (Å²) < 4.78 is 0. The maximum atomic E-state index is 11.2. The van der Waals surface area contributed by atoms with Crippen LogP contribution in [0.4, 0.5) is 0 Å². The molecule has 1 aliphatic heterocycles. The quantitative estimate of drug-likeness (QED) is 0.815.